The molecular formula is C21H19IN2O5. The van der Waals surface area contributed by atoms with Crippen LogP contribution in [0.4, 0.5) is 5.69 Å². The van der Waals surface area contributed by atoms with E-state index in [9.17, 15) is 14.9 Å². The molecule has 0 spiro atoms. The first-order chi connectivity index (χ1) is 13.9. The van der Waals surface area contributed by atoms with E-state index < -0.39 is 11.9 Å². The van der Waals surface area contributed by atoms with Crippen LogP contribution in [0.2, 0.25) is 0 Å². The standard InChI is InChI=1S/C21H19IN2O5/c1-13-5-4-6-16(7-13)24-21(26)15(11-23)8-14-9-17(22)20(18(10-14)27-2)29-12-19(25)28-3/h4-10H,12H2,1-3H3,(H,24,26)/b15-8-. The molecule has 0 radical (unpaired) electrons. The molecule has 0 aliphatic rings. The van der Waals surface area contributed by atoms with Crippen molar-refractivity contribution in [2.45, 2.75) is 6.92 Å². The highest BCUT2D eigenvalue weighted by molar-refractivity contribution is 14.1. The number of halogens is 1. The second-order valence-electron chi connectivity index (χ2n) is 5.89. The van der Waals surface area contributed by atoms with Gasteiger partial charge in [0.15, 0.2) is 18.1 Å². The highest BCUT2D eigenvalue weighted by atomic mass is 127. The molecule has 2 rings (SSSR count). The average Bonchev–Trinajstić information content (AvgIpc) is 2.70. The molecule has 0 aliphatic carbocycles. The van der Waals surface area contributed by atoms with Crippen molar-refractivity contribution >= 4 is 46.2 Å². The Hall–Kier alpha value is -3.06. The molecule has 0 unspecified atom stereocenters. The number of benzene rings is 2. The summed E-state index contributed by atoms with van der Waals surface area (Å²) in [6, 6.07) is 12.5. The number of hydrogen-bond acceptors (Lipinski definition) is 6. The minimum absolute atomic E-state index is 0.0624. The number of hydrogen-bond donors (Lipinski definition) is 1. The summed E-state index contributed by atoms with van der Waals surface area (Å²) < 4.78 is 16.0. The van der Waals surface area contributed by atoms with Gasteiger partial charge in [0.2, 0.25) is 0 Å². The van der Waals surface area contributed by atoms with Crippen LogP contribution in [0, 0.1) is 21.8 Å². The van der Waals surface area contributed by atoms with E-state index in [-0.39, 0.29) is 12.2 Å². The highest BCUT2D eigenvalue weighted by Gasteiger charge is 2.15. The van der Waals surface area contributed by atoms with Crippen LogP contribution >= 0.6 is 22.6 Å². The van der Waals surface area contributed by atoms with E-state index in [2.05, 4.69) is 10.1 Å². The van der Waals surface area contributed by atoms with Gasteiger partial charge in [0, 0.05) is 5.69 Å². The molecule has 0 atom stereocenters. The van der Waals surface area contributed by atoms with Gasteiger partial charge in [0.1, 0.15) is 11.6 Å². The fourth-order valence-electron chi connectivity index (χ4n) is 2.39. The van der Waals surface area contributed by atoms with E-state index >= 15 is 0 Å². The summed E-state index contributed by atoms with van der Waals surface area (Å²) >= 11 is 2.02. The van der Waals surface area contributed by atoms with Gasteiger partial charge in [-0.25, -0.2) is 4.79 Å². The number of carbonyl (C=O) groups is 2. The van der Waals surface area contributed by atoms with Gasteiger partial charge < -0.3 is 19.5 Å². The molecule has 0 aliphatic heterocycles. The minimum Gasteiger partial charge on any atom is -0.493 e. The molecule has 7 nitrogen and oxygen atoms in total. The van der Waals surface area contributed by atoms with E-state index in [0.29, 0.717) is 26.3 Å². The van der Waals surface area contributed by atoms with E-state index in [1.807, 2.05) is 53.8 Å². The number of nitriles is 1. The summed E-state index contributed by atoms with van der Waals surface area (Å²) in [6.07, 6.45) is 1.46. The maximum Gasteiger partial charge on any atom is 0.343 e. The molecule has 8 heteroatoms. The van der Waals surface area contributed by atoms with Crippen molar-refractivity contribution in [1.82, 2.24) is 0 Å². The van der Waals surface area contributed by atoms with Gasteiger partial charge in [-0.15, -0.1) is 0 Å². The Bertz CT molecular complexity index is 995. The quantitative estimate of drug-likeness (QED) is 0.266. The molecule has 0 saturated heterocycles. The van der Waals surface area contributed by atoms with Gasteiger partial charge in [-0.3, -0.25) is 4.79 Å². The molecule has 2 aromatic rings. The summed E-state index contributed by atoms with van der Waals surface area (Å²) in [4.78, 5) is 23.8. The van der Waals surface area contributed by atoms with Crippen LogP contribution in [-0.2, 0) is 14.3 Å². The number of nitrogens with one attached hydrogen (secondary N) is 1. The third-order valence-electron chi connectivity index (χ3n) is 3.77. The first-order valence-corrected chi connectivity index (χ1v) is 9.52. The summed E-state index contributed by atoms with van der Waals surface area (Å²) in [5.41, 5.74) is 2.11. The van der Waals surface area contributed by atoms with Crippen molar-refractivity contribution in [3.05, 3.63) is 56.7 Å². The predicted molar refractivity (Wildman–Crippen MR) is 117 cm³/mol. The Morgan fingerprint density at radius 1 is 1.24 bits per heavy atom. The van der Waals surface area contributed by atoms with Crippen LogP contribution in [0.25, 0.3) is 6.08 Å². The summed E-state index contributed by atoms with van der Waals surface area (Å²) in [6.45, 7) is 1.65. The lowest BCUT2D eigenvalue weighted by Gasteiger charge is -2.13. The number of amides is 1. The molecule has 0 saturated carbocycles. The number of rotatable bonds is 7. The lowest BCUT2D eigenvalue weighted by Crippen LogP contribution is -2.14. The first kappa shape index (κ1) is 22.2. The van der Waals surface area contributed by atoms with Gasteiger partial charge in [0.25, 0.3) is 5.91 Å². The number of nitrogens with zero attached hydrogens (tertiary/aromatic N) is 1. The highest BCUT2D eigenvalue weighted by Crippen LogP contribution is 2.34. The number of esters is 1. The lowest BCUT2D eigenvalue weighted by atomic mass is 10.1. The Balaban J connectivity index is 2.28. The van der Waals surface area contributed by atoms with Crippen LogP contribution in [0.5, 0.6) is 11.5 Å². The van der Waals surface area contributed by atoms with Crippen LogP contribution < -0.4 is 14.8 Å². The smallest absolute Gasteiger partial charge is 0.343 e. The van der Waals surface area contributed by atoms with Gasteiger partial charge in [0.05, 0.1) is 17.8 Å². The normalized spacial score (nSPS) is 10.7. The Morgan fingerprint density at radius 2 is 2.00 bits per heavy atom. The molecule has 2 aromatic carbocycles. The lowest BCUT2D eigenvalue weighted by molar-refractivity contribution is -0.142. The number of anilines is 1. The van der Waals surface area contributed by atoms with Crippen LogP contribution in [0.15, 0.2) is 42.0 Å². The monoisotopic (exact) mass is 506 g/mol. The molecule has 0 bridgehead atoms. The molecule has 0 aromatic heterocycles. The van der Waals surface area contributed by atoms with Gasteiger partial charge in [-0.2, -0.15) is 5.26 Å². The number of methoxy groups -OCH3 is 2. The third-order valence-corrected chi connectivity index (χ3v) is 4.57. The summed E-state index contributed by atoms with van der Waals surface area (Å²) in [5, 5.41) is 12.1. The van der Waals surface area contributed by atoms with Crippen molar-refractivity contribution in [3.63, 3.8) is 0 Å². The van der Waals surface area contributed by atoms with Crippen molar-refractivity contribution < 1.29 is 23.8 Å². The van der Waals surface area contributed by atoms with Crippen molar-refractivity contribution in [3.8, 4) is 17.6 Å². The maximum absolute atomic E-state index is 12.5. The fourth-order valence-corrected chi connectivity index (χ4v) is 3.17. The molecule has 0 heterocycles. The molecule has 0 fully saturated rings. The number of aryl methyl sites for hydroxylation is 1. The van der Waals surface area contributed by atoms with Crippen molar-refractivity contribution in [2.75, 3.05) is 26.1 Å². The van der Waals surface area contributed by atoms with Gasteiger partial charge in [-0.1, -0.05) is 12.1 Å². The SMILES string of the molecule is COC(=O)COc1c(I)cc(/C=C(/C#N)C(=O)Nc2cccc(C)c2)cc1OC. The zero-order valence-electron chi connectivity index (χ0n) is 16.1. The summed E-state index contributed by atoms with van der Waals surface area (Å²) in [5.74, 6) is -0.300. The molecule has 1 amide bonds. The Kier molecular flexibility index (Phi) is 8.03. The molecular weight excluding hydrogens is 487 g/mol. The maximum atomic E-state index is 12.5. The summed E-state index contributed by atoms with van der Waals surface area (Å²) in [7, 11) is 2.73. The predicted octanol–water partition coefficient (Wildman–Crippen LogP) is 3.71. The van der Waals surface area contributed by atoms with Crippen LogP contribution in [0.1, 0.15) is 11.1 Å². The van der Waals surface area contributed by atoms with Crippen molar-refractivity contribution in [1.29, 1.82) is 5.26 Å². The van der Waals surface area contributed by atoms with E-state index in [4.69, 9.17) is 9.47 Å². The third kappa shape index (κ3) is 6.22. The average molecular weight is 506 g/mol. The zero-order valence-corrected chi connectivity index (χ0v) is 18.3. The van der Waals surface area contributed by atoms with Crippen LogP contribution in [0.3, 0.4) is 0 Å². The Morgan fingerprint density at radius 3 is 2.62 bits per heavy atom. The second-order valence-corrected chi connectivity index (χ2v) is 7.05. The fraction of sp³-hybridized carbons (Fsp3) is 0.190. The van der Waals surface area contributed by atoms with Gasteiger partial charge >= 0.3 is 5.97 Å². The van der Waals surface area contributed by atoms with Crippen molar-refractivity contribution in [2.24, 2.45) is 0 Å². The molecule has 1 N–H and O–H groups in total. The number of carbonyl (C=O) groups excluding carboxylic acids is 2. The number of ether oxygens (including phenoxy) is 3. The van der Waals surface area contributed by atoms with Crippen LogP contribution in [-0.4, -0.2) is 32.7 Å². The topological polar surface area (TPSA) is 97.7 Å². The molecule has 29 heavy (non-hydrogen) atoms. The molecule has 150 valence electrons. The van der Waals surface area contributed by atoms with E-state index in [1.54, 1.807) is 18.2 Å². The second kappa shape index (κ2) is 10.5. The van der Waals surface area contributed by atoms with Gasteiger partial charge in [-0.05, 0) is 71.0 Å². The first-order valence-electron chi connectivity index (χ1n) is 8.45. The largest absolute Gasteiger partial charge is 0.493 e. The van der Waals surface area contributed by atoms with E-state index in [0.717, 1.165) is 5.56 Å². The van der Waals surface area contributed by atoms with E-state index in [1.165, 1.54) is 20.3 Å². The Labute approximate surface area is 182 Å². The zero-order chi connectivity index (χ0) is 21.4. The minimum atomic E-state index is -0.522.